The molecule has 1 amide bonds. The third-order valence-corrected chi connectivity index (χ3v) is 3.54. The van der Waals surface area contributed by atoms with Crippen LogP contribution in [0.15, 0.2) is 24.3 Å². The number of hydrogen-bond acceptors (Lipinski definition) is 3. The summed E-state index contributed by atoms with van der Waals surface area (Å²) in [5, 5.41) is 13.5. The SMILES string of the molecule is O=C([O-])[C@H]1CCCC[C@@H]1C(=O)Nc1ccccc1F. The quantitative estimate of drug-likeness (QED) is 0.895. The van der Waals surface area contributed by atoms with E-state index < -0.39 is 29.5 Å². The average molecular weight is 264 g/mol. The topological polar surface area (TPSA) is 69.2 Å². The lowest BCUT2D eigenvalue weighted by Crippen LogP contribution is -2.42. The fourth-order valence-electron chi connectivity index (χ4n) is 2.51. The van der Waals surface area contributed by atoms with E-state index in [0.717, 1.165) is 12.8 Å². The number of rotatable bonds is 3. The molecule has 0 heterocycles. The molecule has 102 valence electrons. The number of carbonyl (C=O) groups is 2. The molecule has 1 aromatic rings. The van der Waals surface area contributed by atoms with E-state index >= 15 is 0 Å². The molecule has 5 heteroatoms. The van der Waals surface area contributed by atoms with Crippen LogP contribution in [0.5, 0.6) is 0 Å². The second-order valence-corrected chi connectivity index (χ2v) is 4.79. The minimum absolute atomic E-state index is 0.0789. The molecule has 2 rings (SSSR count). The number of carboxylic acids is 1. The monoisotopic (exact) mass is 264 g/mol. The number of benzene rings is 1. The van der Waals surface area contributed by atoms with E-state index in [1.807, 2.05) is 0 Å². The molecule has 1 saturated carbocycles. The van der Waals surface area contributed by atoms with E-state index in [1.54, 1.807) is 6.07 Å². The van der Waals surface area contributed by atoms with Gasteiger partial charge in [-0.3, -0.25) is 4.79 Å². The number of nitrogens with one attached hydrogen (secondary N) is 1. The zero-order valence-electron chi connectivity index (χ0n) is 10.4. The van der Waals surface area contributed by atoms with Crippen molar-refractivity contribution in [1.82, 2.24) is 0 Å². The first-order chi connectivity index (χ1) is 9.09. The van der Waals surface area contributed by atoms with E-state index in [9.17, 15) is 19.1 Å². The van der Waals surface area contributed by atoms with Crippen LogP contribution in [0.4, 0.5) is 10.1 Å². The number of halogens is 1. The van der Waals surface area contributed by atoms with E-state index in [2.05, 4.69) is 5.32 Å². The van der Waals surface area contributed by atoms with Crippen molar-refractivity contribution in [2.75, 3.05) is 5.32 Å². The maximum Gasteiger partial charge on any atom is 0.228 e. The van der Waals surface area contributed by atoms with Crippen LogP contribution in [0, 0.1) is 17.7 Å². The van der Waals surface area contributed by atoms with Crippen molar-refractivity contribution in [3.63, 3.8) is 0 Å². The highest BCUT2D eigenvalue weighted by molar-refractivity contribution is 5.95. The van der Waals surface area contributed by atoms with Gasteiger partial charge in [0.25, 0.3) is 0 Å². The van der Waals surface area contributed by atoms with Gasteiger partial charge in [-0.05, 0) is 25.0 Å². The molecule has 1 aliphatic carbocycles. The van der Waals surface area contributed by atoms with Crippen LogP contribution < -0.4 is 10.4 Å². The van der Waals surface area contributed by atoms with Crippen molar-refractivity contribution in [3.05, 3.63) is 30.1 Å². The van der Waals surface area contributed by atoms with Crippen LogP contribution in [0.3, 0.4) is 0 Å². The highest BCUT2D eigenvalue weighted by atomic mass is 19.1. The van der Waals surface area contributed by atoms with Crippen molar-refractivity contribution < 1.29 is 19.1 Å². The fourth-order valence-corrected chi connectivity index (χ4v) is 2.51. The minimum atomic E-state index is -1.20. The first-order valence-electron chi connectivity index (χ1n) is 6.36. The normalized spacial score (nSPS) is 22.8. The Kier molecular flexibility index (Phi) is 4.14. The van der Waals surface area contributed by atoms with Crippen molar-refractivity contribution in [1.29, 1.82) is 0 Å². The molecule has 0 spiro atoms. The highest BCUT2D eigenvalue weighted by Crippen LogP contribution is 2.31. The number of hydrogen-bond donors (Lipinski definition) is 1. The second-order valence-electron chi connectivity index (χ2n) is 4.79. The lowest BCUT2D eigenvalue weighted by molar-refractivity contribution is -0.313. The van der Waals surface area contributed by atoms with E-state index in [1.165, 1.54) is 18.2 Å². The van der Waals surface area contributed by atoms with E-state index in [0.29, 0.717) is 12.8 Å². The van der Waals surface area contributed by atoms with Crippen LogP contribution in [0.1, 0.15) is 25.7 Å². The lowest BCUT2D eigenvalue weighted by Gasteiger charge is -2.31. The second kappa shape index (κ2) is 5.82. The van der Waals surface area contributed by atoms with Gasteiger partial charge in [-0.1, -0.05) is 25.0 Å². The van der Waals surface area contributed by atoms with Crippen LogP contribution in [-0.4, -0.2) is 11.9 Å². The summed E-state index contributed by atoms with van der Waals surface area (Å²) in [6, 6.07) is 5.82. The summed E-state index contributed by atoms with van der Waals surface area (Å²) in [6.07, 6.45) is 2.53. The third kappa shape index (κ3) is 3.10. The van der Waals surface area contributed by atoms with Gasteiger partial charge in [-0.2, -0.15) is 0 Å². The Balaban J connectivity index is 2.10. The molecule has 19 heavy (non-hydrogen) atoms. The molecule has 0 aromatic heterocycles. The smallest absolute Gasteiger partial charge is 0.228 e. The third-order valence-electron chi connectivity index (χ3n) is 3.54. The summed E-state index contributed by atoms with van der Waals surface area (Å²) in [4.78, 5) is 23.1. The Bertz CT molecular complexity index is 489. The first kappa shape index (κ1) is 13.5. The van der Waals surface area contributed by atoms with Gasteiger partial charge in [0.2, 0.25) is 5.91 Å². The molecule has 1 N–H and O–H groups in total. The summed E-state index contributed by atoms with van der Waals surface area (Å²) >= 11 is 0. The molecule has 1 fully saturated rings. The lowest BCUT2D eigenvalue weighted by atomic mass is 9.78. The van der Waals surface area contributed by atoms with Gasteiger partial charge in [0, 0.05) is 17.8 Å². The van der Waals surface area contributed by atoms with Crippen molar-refractivity contribution in [3.8, 4) is 0 Å². The minimum Gasteiger partial charge on any atom is -0.550 e. The predicted molar refractivity (Wildman–Crippen MR) is 65.5 cm³/mol. The van der Waals surface area contributed by atoms with Crippen LogP contribution in [0.2, 0.25) is 0 Å². The molecule has 0 saturated heterocycles. The Hall–Kier alpha value is -1.91. The number of anilines is 1. The summed E-state index contributed by atoms with van der Waals surface area (Å²) in [6.45, 7) is 0. The molecule has 0 unspecified atom stereocenters. The zero-order valence-corrected chi connectivity index (χ0v) is 10.4. The van der Waals surface area contributed by atoms with E-state index in [4.69, 9.17) is 0 Å². The van der Waals surface area contributed by atoms with Crippen molar-refractivity contribution in [2.24, 2.45) is 11.8 Å². The van der Waals surface area contributed by atoms with Crippen LogP contribution in [-0.2, 0) is 9.59 Å². The van der Waals surface area contributed by atoms with Crippen LogP contribution in [0.25, 0.3) is 0 Å². The summed E-state index contributed by atoms with van der Waals surface area (Å²) in [7, 11) is 0. The summed E-state index contributed by atoms with van der Waals surface area (Å²) in [5.74, 6) is -3.59. The summed E-state index contributed by atoms with van der Waals surface area (Å²) in [5.41, 5.74) is 0.0789. The number of para-hydroxylation sites is 1. The molecule has 1 aromatic carbocycles. The molecule has 0 aliphatic heterocycles. The fraction of sp³-hybridized carbons (Fsp3) is 0.429. The van der Waals surface area contributed by atoms with Gasteiger partial charge in [0.1, 0.15) is 5.82 Å². The number of carbonyl (C=O) groups excluding carboxylic acids is 2. The largest absolute Gasteiger partial charge is 0.550 e. The standard InChI is InChI=1S/C14H16FNO3/c15-11-7-3-4-8-12(11)16-13(17)9-5-1-2-6-10(9)14(18)19/h3-4,7-10H,1-2,5-6H2,(H,16,17)(H,18,19)/p-1/t9-,10-/m0/s1. The molecular weight excluding hydrogens is 249 g/mol. The Morgan fingerprint density at radius 2 is 1.79 bits per heavy atom. The molecule has 1 aliphatic rings. The average Bonchev–Trinajstić information content (AvgIpc) is 2.41. The first-order valence-corrected chi connectivity index (χ1v) is 6.36. The molecule has 4 nitrogen and oxygen atoms in total. The van der Waals surface area contributed by atoms with Crippen molar-refractivity contribution >= 4 is 17.6 Å². The highest BCUT2D eigenvalue weighted by Gasteiger charge is 2.32. The Morgan fingerprint density at radius 3 is 2.42 bits per heavy atom. The molecule has 2 atom stereocenters. The Morgan fingerprint density at radius 1 is 1.16 bits per heavy atom. The van der Waals surface area contributed by atoms with E-state index in [-0.39, 0.29) is 5.69 Å². The van der Waals surface area contributed by atoms with Gasteiger partial charge < -0.3 is 15.2 Å². The number of aliphatic carboxylic acids is 1. The van der Waals surface area contributed by atoms with Gasteiger partial charge in [0.05, 0.1) is 5.69 Å². The Labute approximate surface area is 110 Å². The molecule has 0 radical (unpaired) electrons. The predicted octanol–water partition coefficient (Wildman–Crippen LogP) is 1.32. The van der Waals surface area contributed by atoms with Gasteiger partial charge in [-0.15, -0.1) is 0 Å². The molecule has 0 bridgehead atoms. The molecular formula is C14H15FNO3-. The van der Waals surface area contributed by atoms with Gasteiger partial charge in [-0.25, -0.2) is 4.39 Å². The van der Waals surface area contributed by atoms with Crippen LogP contribution >= 0.6 is 0 Å². The van der Waals surface area contributed by atoms with Gasteiger partial charge in [0.15, 0.2) is 0 Å². The number of amides is 1. The zero-order chi connectivity index (χ0) is 13.8. The maximum absolute atomic E-state index is 13.4. The maximum atomic E-state index is 13.4. The van der Waals surface area contributed by atoms with Gasteiger partial charge >= 0.3 is 0 Å². The number of carboxylic acid groups (broad SMARTS) is 1. The van der Waals surface area contributed by atoms with Crippen molar-refractivity contribution in [2.45, 2.75) is 25.7 Å². The summed E-state index contributed by atoms with van der Waals surface area (Å²) < 4.78 is 13.4.